The number of fused-ring (bicyclic) bond motifs is 1. The van der Waals surface area contributed by atoms with Gasteiger partial charge < -0.3 is 9.53 Å². The van der Waals surface area contributed by atoms with Gasteiger partial charge in [-0.2, -0.15) is 0 Å². The minimum Gasteiger partial charge on any atom is -0.416 e. The zero-order valence-corrected chi connectivity index (χ0v) is 13.7. The maximum absolute atomic E-state index is 10.1. The van der Waals surface area contributed by atoms with E-state index < -0.39 is 8.32 Å². The molecule has 106 valence electrons. The number of hydrogen-bond donors (Lipinski definition) is 1. The molecule has 0 aliphatic heterocycles. The quantitative estimate of drug-likeness (QED) is 0.838. The molecule has 0 radical (unpaired) electrons. The van der Waals surface area contributed by atoms with Gasteiger partial charge in [-0.1, -0.05) is 45.0 Å². The zero-order chi connectivity index (χ0) is 14.3. The highest BCUT2D eigenvalue weighted by Gasteiger charge is 2.39. The second-order valence-electron chi connectivity index (χ2n) is 7.15. The molecule has 1 aromatic rings. The molecule has 1 aliphatic rings. The summed E-state index contributed by atoms with van der Waals surface area (Å²) in [6, 6.07) is 8.22. The molecule has 1 N–H and O–H groups in total. The Bertz CT molecular complexity index is 448. The molecule has 3 heteroatoms. The van der Waals surface area contributed by atoms with E-state index in [1.165, 1.54) is 5.56 Å². The molecule has 1 aromatic carbocycles. The average molecular weight is 278 g/mol. The van der Waals surface area contributed by atoms with Crippen molar-refractivity contribution in [1.82, 2.24) is 0 Å². The highest BCUT2D eigenvalue weighted by atomic mass is 28.4. The summed E-state index contributed by atoms with van der Waals surface area (Å²) in [7, 11) is -1.70. The van der Waals surface area contributed by atoms with Crippen LogP contribution in [0, 0.1) is 0 Å². The first-order valence-electron chi connectivity index (χ1n) is 7.13. The molecule has 2 atom stereocenters. The van der Waals surface area contributed by atoms with Gasteiger partial charge in [0.05, 0.1) is 6.10 Å². The van der Waals surface area contributed by atoms with Crippen LogP contribution < -0.4 is 0 Å². The summed E-state index contributed by atoms with van der Waals surface area (Å²) >= 11 is 0. The molecule has 1 aliphatic carbocycles. The van der Waals surface area contributed by atoms with E-state index in [-0.39, 0.29) is 11.1 Å². The topological polar surface area (TPSA) is 29.5 Å². The number of benzene rings is 1. The third-order valence-electron chi connectivity index (χ3n) is 4.75. The molecule has 0 saturated heterocycles. The van der Waals surface area contributed by atoms with Crippen LogP contribution in [0.25, 0.3) is 0 Å². The van der Waals surface area contributed by atoms with Gasteiger partial charge in [0.15, 0.2) is 8.32 Å². The van der Waals surface area contributed by atoms with E-state index >= 15 is 0 Å². The van der Waals surface area contributed by atoms with Crippen LogP contribution in [0.5, 0.6) is 0 Å². The first-order valence-corrected chi connectivity index (χ1v) is 10.0. The lowest BCUT2D eigenvalue weighted by atomic mass is 10.0. The Hall–Kier alpha value is -0.643. The van der Waals surface area contributed by atoms with Gasteiger partial charge in [0.2, 0.25) is 0 Å². The Morgan fingerprint density at radius 2 is 1.79 bits per heavy atom. The van der Waals surface area contributed by atoms with Crippen molar-refractivity contribution in [3.63, 3.8) is 0 Å². The number of aliphatic hydroxyl groups excluding tert-OH is 1. The van der Waals surface area contributed by atoms with E-state index in [0.717, 1.165) is 18.6 Å². The molecule has 2 rings (SSSR count). The van der Waals surface area contributed by atoms with Crippen LogP contribution in [-0.4, -0.2) is 20.0 Å². The smallest absolute Gasteiger partial charge is 0.192 e. The lowest BCUT2D eigenvalue weighted by molar-refractivity contribution is 0.159. The molecule has 0 amide bonds. The van der Waals surface area contributed by atoms with Crippen LogP contribution in [-0.2, 0) is 4.43 Å². The van der Waals surface area contributed by atoms with E-state index in [1.54, 1.807) is 0 Å². The fourth-order valence-corrected chi connectivity index (χ4v) is 3.44. The van der Waals surface area contributed by atoms with Crippen molar-refractivity contribution in [2.45, 2.75) is 57.3 Å². The Labute approximate surface area is 117 Å². The molecular formula is C16H26O2Si. The van der Waals surface area contributed by atoms with E-state index in [2.05, 4.69) is 46.0 Å². The third kappa shape index (κ3) is 2.93. The van der Waals surface area contributed by atoms with Crippen molar-refractivity contribution in [2.75, 3.05) is 6.61 Å². The number of aliphatic hydroxyl groups is 1. The van der Waals surface area contributed by atoms with Gasteiger partial charge in [0.25, 0.3) is 0 Å². The second-order valence-corrected chi connectivity index (χ2v) is 12.0. The number of rotatable bonds is 3. The predicted molar refractivity (Wildman–Crippen MR) is 81.9 cm³/mol. The predicted octanol–water partition coefficient (Wildman–Crippen LogP) is 4.23. The van der Waals surface area contributed by atoms with Crippen LogP contribution in [0.4, 0.5) is 0 Å². The van der Waals surface area contributed by atoms with E-state index in [9.17, 15) is 5.11 Å². The molecule has 0 fully saturated rings. The van der Waals surface area contributed by atoms with Crippen molar-refractivity contribution in [3.05, 3.63) is 35.4 Å². The van der Waals surface area contributed by atoms with Gasteiger partial charge in [-0.15, -0.1) is 0 Å². The summed E-state index contributed by atoms with van der Waals surface area (Å²) in [5, 5.41) is 10.3. The Morgan fingerprint density at radius 1 is 1.21 bits per heavy atom. The minimum absolute atomic E-state index is 0.240. The van der Waals surface area contributed by atoms with Gasteiger partial charge >= 0.3 is 0 Å². The van der Waals surface area contributed by atoms with Gasteiger partial charge in [-0.25, -0.2) is 0 Å². The van der Waals surface area contributed by atoms with Crippen LogP contribution >= 0.6 is 0 Å². The monoisotopic (exact) mass is 278 g/mol. The van der Waals surface area contributed by atoms with Crippen LogP contribution in [0.15, 0.2) is 24.3 Å². The Balaban J connectivity index is 2.07. The van der Waals surface area contributed by atoms with Crippen LogP contribution in [0.1, 0.15) is 50.3 Å². The first kappa shape index (κ1) is 14.8. The average Bonchev–Trinajstić information content (AvgIpc) is 2.63. The van der Waals surface area contributed by atoms with E-state index in [4.69, 9.17) is 4.43 Å². The van der Waals surface area contributed by atoms with Gasteiger partial charge in [0.1, 0.15) is 0 Å². The van der Waals surface area contributed by atoms with Crippen molar-refractivity contribution >= 4 is 8.32 Å². The molecule has 0 saturated carbocycles. The SMILES string of the molecule is CC(C)(C)[Si](C)(C)OC[C@H]1C[C@@H](O)c2ccccc21. The van der Waals surface area contributed by atoms with E-state index in [1.807, 2.05) is 12.1 Å². The first-order chi connectivity index (χ1) is 8.72. The van der Waals surface area contributed by atoms with Crippen molar-refractivity contribution in [1.29, 1.82) is 0 Å². The lowest BCUT2D eigenvalue weighted by Gasteiger charge is -2.37. The minimum atomic E-state index is -1.70. The summed E-state index contributed by atoms with van der Waals surface area (Å²) in [5.41, 5.74) is 2.36. The normalized spacial score (nSPS) is 23.5. The summed E-state index contributed by atoms with van der Waals surface area (Å²) in [5.74, 6) is 0.348. The summed E-state index contributed by atoms with van der Waals surface area (Å²) < 4.78 is 6.31. The van der Waals surface area contributed by atoms with Crippen molar-refractivity contribution in [3.8, 4) is 0 Å². The lowest BCUT2D eigenvalue weighted by Crippen LogP contribution is -2.41. The Kier molecular flexibility index (Phi) is 3.91. The largest absolute Gasteiger partial charge is 0.416 e. The second kappa shape index (κ2) is 5.04. The van der Waals surface area contributed by atoms with Gasteiger partial charge in [-0.3, -0.25) is 0 Å². The molecule has 19 heavy (non-hydrogen) atoms. The van der Waals surface area contributed by atoms with E-state index in [0.29, 0.717) is 5.92 Å². The third-order valence-corrected chi connectivity index (χ3v) is 9.25. The summed E-state index contributed by atoms with van der Waals surface area (Å²) in [4.78, 5) is 0. The van der Waals surface area contributed by atoms with Crippen molar-refractivity contribution < 1.29 is 9.53 Å². The molecule has 0 unspecified atom stereocenters. The van der Waals surface area contributed by atoms with Crippen LogP contribution in [0.2, 0.25) is 18.1 Å². The van der Waals surface area contributed by atoms with Crippen molar-refractivity contribution in [2.24, 2.45) is 0 Å². The van der Waals surface area contributed by atoms with Gasteiger partial charge in [-0.05, 0) is 35.7 Å². The molecule has 2 nitrogen and oxygen atoms in total. The Morgan fingerprint density at radius 3 is 2.37 bits per heavy atom. The molecule has 0 aromatic heterocycles. The zero-order valence-electron chi connectivity index (χ0n) is 12.7. The number of hydrogen-bond acceptors (Lipinski definition) is 2. The fourth-order valence-electron chi connectivity index (χ4n) is 2.39. The maximum atomic E-state index is 10.1. The maximum Gasteiger partial charge on any atom is 0.192 e. The molecule has 0 heterocycles. The highest BCUT2D eigenvalue weighted by molar-refractivity contribution is 6.74. The van der Waals surface area contributed by atoms with Crippen LogP contribution in [0.3, 0.4) is 0 Å². The fraction of sp³-hybridized carbons (Fsp3) is 0.625. The molecular weight excluding hydrogens is 252 g/mol. The summed E-state index contributed by atoms with van der Waals surface area (Å²) in [6.45, 7) is 12.1. The highest BCUT2D eigenvalue weighted by Crippen LogP contribution is 2.42. The summed E-state index contributed by atoms with van der Waals surface area (Å²) in [6.07, 6.45) is 0.484. The molecule has 0 bridgehead atoms. The van der Waals surface area contributed by atoms with Gasteiger partial charge in [0, 0.05) is 12.5 Å². The standard InChI is InChI=1S/C16H26O2Si/c1-16(2,3)19(4,5)18-11-12-10-15(17)14-9-7-6-8-13(12)14/h6-9,12,15,17H,10-11H2,1-5H3/t12-,15-/m1/s1. The molecule has 0 spiro atoms.